The van der Waals surface area contributed by atoms with Crippen LogP contribution in [0.5, 0.6) is 0 Å². The molecule has 1 fully saturated rings. The van der Waals surface area contributed by atoms with Crippen LogP contribution in [-0.2, 0) is 26.0 Å². The van der Waals surface area contributed by atoms with Gasteiger partial charge >= 0.3 is 0 Å². The molecule has 0 aromatic heterocycles. The average molecular weight is 450 g/mol. The second-order valence-corrected chi connectivity index (χ2v) is 9.46. The number of nitrogens with zero attached hydrogens (tertiary/aromatic N) is 1. The first kappa shape index (κ1) is 22.3. The number of rotatable bonds is 8. The number of sulfonamides is 1. The van der Waals surface area contributed by atoms with Crippen molar-refractivity contribution in [2.24, 2.45) is 0 Å². The third-order valence-electron chi connectivity index (χ3n) is 4.84. The van der Waals surface area contributed by atoms with Crippen molar-refractivity contribution in [1.82, 2.24) is 9.62 Å². The van der Waals surface area contributed by atoms with Crippen molar-refractivity contribution in [1.29, 1.82) is 0 Å². The fourth-order valence-electron chi connectivity index (χ4n) is 3.17. The fourth-order valence-corrected chi connectivity index (χ4v) is 4.81. The van der Waals surface area contributed by atoms with E-state index in [1.165, 1.54) is 4.31 Å². The molecular formula is C21H24ClN3O4S. The van der Waals surface area contributed by atoms with Crippen LogP contribution in [-0.4, -0.2) is 44.2 Å². The number of amides is 2. The number of anilines is 1. The summed E-state index contributed by atoms with van der Waals surface area (Å²) in [5.41, 5.74) is 1.46. The first-order chi connectivity index (χ1) is 14.3. The Balaban J connectivity index is 1.43. The maximum atomic E-state index is 12.5. The van der Waals surface area contributed by atoms with Crippen LogP contribution in [0.3, 0.4) is 0 Å². The lowest BCUT2D eigenvalue weighted by atomic mass is 10.1. The SMILES string of the molecule is O=C(CCc1ccc(S(=O)(=O)N2CCCC2)cc1)NCC(=O)Nc1ccc(Cl)cc1. The second-order valence-electron chi connectivity index (χ2n) is 7.09. The van der Waals surface area contributed by atoms with Crippen LogP contribution in [0.15, 0.2) is 53.4 Å². The first-order valence-corrected chi connectivity index (χ1v) is 11.6. The fraction of sp³-hybridized carbons (Fsp3) is 0.333. The van der Waals surface area contributed by atoms with Gasteiger partial charge in [-0.2, -0.15) is 4.31 Å². The van der Waals surface area contributed by atoms with Crippen LogP contribution in [0, 0.1) is 0 Å². The van der Waals surface area contributed by atoms with Crippen LogP contribution < -0.4 is 10.6 Å². The molecule has 0 radical (unpaired) electrons. The van der Waals surface area contributed by atoms with Gasteiger partial charge in [0.1, 0.15) is 0 Å². The summed E-state index contributed by atoms with van der Waals surface area (Å²) in [5, 5.41) is 5.82. The molecule has 7 nitrogen and oxygen atoms in total. The highest BCUT2D eigenvalue weighted by molar-refractivity contribution is 7.89. The van der Waals surface area contributed by atoms with Crippen molar-refractivity contribution >= 4 is 39.1 Å². The molecule has 1 aliphatic heterocycles. The van der Waals surface area contributed by atoms with Crippen molar-refractivity contribution in [3.8, 4) is 0 Å². The van der Waals surface area contributed by atoms with Crippen LogP contribution in [0.4, 0.5) is 5.69 Å². The molecular weight excluding hydrogens is 426 g/mol. The summed E-state index contributed by atoms with van der Waals surface area (Å²) in [6.07, 6.45) is 2.44. The Bertz CT molecular complexity index is 986. The number of hydrogen-bond donors (Lipinski definition) is 2. The van der Waals surface area contributed by atoms with Crippen molar-refractivity contribution in [3.63, 3.8) is 0 Å². The average Bonchev–Trinajstić information content (AvgIpc) is 3.29. The zero-order chi connectivity index (χ0) is 21.6. The molecule has 1 saturated heterocycles. The minimum absolute atomic E-state index is 0.130. The molecule has 2 aromatic rings. The molecule has 0 spiro atoms. The lowest BCUT2D eigenvalue weighted by Crippen LogP contribution is -2.32. The summed E-state index contributed by atoms with van der Waals surface area (Å²) in [6, 6.07) is 13.3. The lowest BCUT2D eigenvalue weighted by molar-refractivity contribution is -0.124. The van der Waals surface area contributed by atoms with Gasteiger partial charge in [0, 0.05) is 30.2 Å². The molecule has 9 heteroatoms. The Kier molecular flexibility index (Phi) is 7.47. The monoisotopic (exact) mass is 449 g/mol. The van der Waals surface area contributed by atoms with Gasteiger partial charge in [-0.25, -0.2) is 8.42 Å². The Morgan fingerprint density at radius 1 is 0.933 bits per heavy atom. The molecule has 1 aliphatic rings. The highest BCUT2D eigenvalue weighted by Crippen LogP contribution is 2.21. The molecule has 1 heterocycles. The van der Waals surface area contributed by atoms with Crippen LogP contribution in [0.1, 0.15) is 24.8 Å². The summed E-state index contributed by atoms with van der Waals surface area (Å²) in [5.74, 6) is -0.586. The number of hydrogen-bond acceptors (Lipinski definition) is 4. The van der Waals surface area contributed by atoms with Gasteiger partial charge in [-0.3, -0.25) is 9.59 Å². The summed E-state index contributed by atoms with van der Waals surface area (Å²) in [7, 11) is -3.43. The minimum atomic E-state index is -3.43. The molecule has 0 saturated carbocycles. The van der Waals surface area contributed by atoms with E-state index in [0.717, 1.165) is 18.4 Å². The van der Waals surface area contributed by atoms with Crippen LogP contribution in [0.2, 0.25) is 5.02 Å². The molecule has 3 rings (SSSR count). The summed E-state index contributed by atoms with van der Waals surface area (Å²) in [6.45, 7) is 1.00. The number of carbonyl (C=O) groups is 2. The van der Waals surface area contributed by atoms with Gasteiger partial charge in [-0.1, -0.05) is 23.7 Å². The first-order valence-electron chi connectivity index (χ1n) is 9.76. The maximum absolute atomic E-state index is 12.5. The van der Waals surface area contributed by atoms with E-state index in [4.69, 9.17) is 11.6 Å². The van der Waals surface area contributed by atoms with Gasteiger partial charge < -0.3 is 10.6 Å². The van der Waals surface area contributed by atoms with E-state index in [9.17, 15) is 18.0 Å². The van der Waals surface area contributed by atoms with E-state index in [2.05, 4.69) is 10.6 Å². The van der Waals surface area contributed by atoms with Gasteiger partial charge in [-0.05, 0) is 61.2 Å². The lowest BCUT2D eigenvalue weighted by Gasteiger charge is -2.15. The largest absolute Gasteiger partial charge is 0.347 e. The topological polar surface area (TPSA) is 95.6 Å². The normalized spacial score (nSPS) is 14.4. The molecule has 2 aromatic carbocycles. The van der Waals surface area contributed by atoms with Crippen molar-refractivity contribution in [2.75, 3.05) is 25.0 Å². The predicted molar refractivity (Wildman–Crippen MR) is 116 cm³/mol. The summed E-state index contributed by atoms with van der Waals surface area (Å²) in [4.78, 5) is 24.2. The van der Waals surface area contributed by atoms with E-state index in [1.54, 1.807) is 48.5 Å². The van der Waals surface area contributed by atoms with Gasteiger partial charge in [0.25, 0.3) is 0 Å². The standard InChI is InChI=1S/C21H24ClN3O4S/c22-17-6-8-18(9-7-17)24-21(27)15-23-20(26)12-5-16-3-10-19(11-4-16)30(28,29)25-13-1-2-14-25/h3-4,6-11H,1-2,5,12-15H2,(H,23,26)(H,24,27). The van der Waals surface area contributed by atoms with Gasteiger partial charge in [0.2, 0.25) is 21.8 Å². The summed E-state index contributed by atoms with van der Waals surface area (Å²) < 4.78 is 26.6. The minimum Gasteiger partial charge on any atom is -0.347 e. The molecule has 0 atom stereocenters. The van der Waals surface area contributed by atoms with Gasteiger partial charge in [-0.15, -0.1) is 0 Å². The zero-order valence-corrected chi connectivity index (χ0v) is 18.0. The van der Waals surface area contributed by atoms with Crippen molar-refractivity contribution in [3.05, 3.63) is 59.1 Å². The Hall–Kier alpha value is -2.42. The van der Waals surface area contributed by atoms with Crippen LogP contribution >= 0.6 is 11.6 Å². The van der Waals surface area contributed by atoms with E-state index >= 15 is 0 Å². The van der Waals surface area contributed by atoms with E-state index in [0.29, 0.717) is 30.2 Å². The Labute approximate surface area is 181 Å². The smallest absolute Gasteiger partial charge is 0.243 e. The van der Waals surface area contributed by atoms with E-state index in [-0.39, 0.29) is 29.7 Å². The van der Waals surface area contributed by atoms with Crippen molar-refractivity contribution < 1.29 is 18.0 Å². The molecule has 0 aliphatic carbocycles. The maximum Gasteiger partial charge on any atom is 0.243 e. The van der Waals surface area contributed by atoms with Gasteiger partial charge in [0.05, 0.1) is 11.4 Å². The molecule has 30 heavy (non-hydrogen) atoms. The molecule has 2 amide bonds. The summed E-state index contributed by atoms with van der Waals surface area (Å²) >= 11 is 5.80. The van der Waals surface area contributed by atoms with E-state index < -0.39 is 10.0 Å². The number of carbonyl (C=O) groups excluding carboxylic acids is 2. The Morgan fingerprint density at radius 3 is 2.20 bits per heavy atom. The third-order valence-corrected chi connectivity index (χ3v) is 7.01. The number of benzene rings is 2. The quantitative estimate of drug-likeness (QED) is 0.647. The molecule has 0 bridgehead atoms. The van der Waals surface area contributed by atoms with Gasteiger partial charge in [0.15, 0.2) is 0 Å². The molecule has 0 unspecified atom stereocenters. The second kappa shape index (κ2) is 10.1. The highest BCUT2D eigenvalue weighted by atomic mass is 35.5. The Morgan fingerprint density at radius 2 is 1.57 bits per heavy atom. The third kappa shape index (κ3) is 6.04. The zero-order valence-electron chi connectivity index (χ0n) is 16.4. The molecule has 2 N–H and O–H groups in total. The number of aryl methyl sites for hydroxylation is 1. The molecule has 160 valence electrons. The highest BCUT2D eigenvalue weighted by Gasteiger charge is 2.26. The van der Waals surface area contributed by atoms with Crippen LogP contribution in [0.25, 0.3) is 0 Å². The number of nitrogens with one attached hydrogen (secondary N) is 2. The number of halogens is 1. The van der Waals surface area contributed by atoms with E-state index in [1.807, 2.05) is 0 Å². The van der Waals surface area contributed by atoms with Crippen molar-refractivity contribution in [2.45, 2.75) is 30.6 Å². The predicted octanol–water partition coefficient (Wildman–Crippen LogP) is 2.81.